The average Bonchev–Trinajstić information content (AvgIpc) is 3.35. The zero-order valence-electron chi connectivity index (χ0n) is 20.4. The molecule has 0 radical (unpaired) electrons. The Morgan fingerprint density at radius 1 is 1.28 bits per heavy atom. The van der Waals surface area contributed by atoms with Crippen molar-refractivity contribution < 1.29 is 28.7 Å². The second-order valence-electron chi connectivity index (χ2n) is 8.78. The first-order chi connectivity index (χ1) is 17.1. The quantitative estimate of drug-likeness (QED) is 0.536. The molecule has 12 heteroatoms. The molecule has 4 amide bonds. The van der Waals surface area contributed by atoms with Gasteiger partial charge in [-0.15, -0.1) is 0 Å². The maximum absolute atomic E-state index is 13.2. The number of benzene rings is 1. The number of thioether (sulfide) groups is 1. The maximum Gasteiger partial charge on any atom is 0.338 e. The number of cyclic esters (lactones) is 1. The van der Waals surface area contributed by atoms with Crippen LogP contribution in [0.4, 0.5) is 0 Å². The van der Waals surface area contributed by atoms with Crippen LogP contribution >= 0.6 is 11.8 Å². The molecule has 1 aromatic rings. The number of hydrogen-bond acceptors (Lipinski definition) is 8. The van der Waals surface area contributed by atoms with Crippen molar-refractivity contribution in [3.8, 4) is 6.07 Å². The van der Waals surface area contributed by atoms with E-state index in [-0.39, 0.29) is 28.9 Å². The molecule has 11 nitrogen and oxygen atoms in total. The molecule has 2 aliphatic heterocycles. The minimum absolute atomic E-state index is 0.179. The Morgan fingerprint density at radius 2 is 2.03 bits per heavy atom. The maximum atomic E-state index is 13.2. The first-order valence-corrected chi connectivity index (χ1v) is 12.7. The molecule has 2 N–H and O–H groups in total. The van der Waals surface area contributed by atoms with Crippen LogP contribution in [-0.4, -0.2) is 90.5 Å². The van der Waals surface area contributed by atoms with Crippen molar-refractivity contribution in [2.24, 2.45) is 0 Å². The van der Waals surface area contributed by atoms with E-state index in [2.05, 4.69) is 16.7 Å². The second-order valence-corrected chi connectivity index (χ2v) is 9.81. The van der Waals surface area contributed by atoms with Gasteiger partial charge in [0.15, 0.2) is 0 Å². The van der Waals surface area contributed by atoms with Crippen molar-refractivity contribution in [3.05, 3.63) is 34.9 Å². The summed E-state index contributed by atoms with van der Waals surface area (Å²) in [5.74, 6) is -2.12. The Morgan fingerprint density at radius 3 is 2.69 bits per heavy atom. The summed E-state index contributed by atoms with van der Waals surface area (Å²) in [7, 11) is 3.13. The highest BCUT2D eigenvalue weighted by molar-refractivity contribution is 7.98. The summed E-state index contributed by atoms with van der Waals surface area (Å²) < 4.78 is 5.40. The molecule has 0 aromatic heterocycles. The monoisotopic (exact) mass is 515 g/mol. The number of likely N-dealkylation sites (tertiary alicyclic amines) is 1. The standard InChI is InChI=1S/C24H29N5O6S/c1-14(30)29-9-5-8-20(29)22(32)26-18-11-35-24(34)16-7-4-6-15(10-25)17(16)12-36-13-19(27-21(18)31)23(33)28(2)3/h4,6-7,18-20H,5,8-9,11-13H2,1-3H3,(H,26,32)(H,27,31)/t18-,19-,20+/m1/s1. The van der Waals surface area contributed by atoms with E-state index in [9.17, 15) is 29.2 Å². The second kappa shape index (κ2) is 11.9. The normalized spacial score (nSPS) is 22.6. The van der Waals surface area contributed by atoms with Gasteiger partial charge in [-0.25, -0.2) is 4.79 Å². The molecule has 1 aromatic carbocycles. The summed E-state index contributed by atoms with van der Waals surface area (Å²) in [5.41, 5.74) is 0.965. The number of carbonyl (C=O) groups excluding carboxylic acids is 5. The molecule has 192 valence electrons. The van der Waals surface area contributed by atoms with E-state index in [1.54, 1.807) is 26.2 Å². The lowest BCUT2D eigenvalue weighted by atomic mass is 10.0. The Labute approximate surface area is 213 Å². The zero-order chi connectivity index (χ0) is 26.4. The number of ether oxygens (including phenoxy) is 1. The van der Waals surface area contributed by atoms with Crippen LogP contribution < -0.4 is 10.6 Å². The van der Waals surface area contributed by atoms with Crippen LogP contribution in [-0.2, 0) is 29.7 Å². The number of nitriles is 1. The van der Waals surface area contributed by atoms with Crippen LogP contribution in [0.25, 0.3) is 0 Å². The molecule has 36 heavy (non-hydrogen) atoms. The van der Waals surface area contributed by atoms with Crippen LogP contribution in [0.2, 0.25) is 0 Å². The number of carbonyl (C=O) groups is 5. The van der Waals surface area contributed by atoms with Gasteiger partial charge in [0.1, 0.15) is 24.7 Å². The van der Waals surface area contributed by atoms with Gasteiger partial charge in [-0.2, -0.15) is 17.0 Å². The molecule has 1 saturated heterocycles. The third-order valence-electron chi connectivity index (χ3n) is 6.08. The van der Waals surface area contributed by atoms with Crippen molar-refractivity contribution in [2.45, 2.75) is 43.6 Å². The van der Waals surface area contributed by atoms with E-state index in [4.69, 9.17) is 4.74 Å². The third-order valence-corrected chi connectivity index (χ3v) is 7.14. The molecule has 0 spiro atoms. The number of fused-ring (bicyclic) bond motifs is 1. The minimum Gasteiger partial charge on any atom is -0.459 e. The number of hydrogen-bond donors (Lipinski definition) is 2. The van der Waals surface area contributed by atoms with Gasteiger partial charge in [0.25, 0.3) is 0 Å². The van der Waals surface area contributed by atoms with Crippen molar-refractivity contribution in [3.63, 3.8) is 0 Å². The largest absolute Gasteiger partial charge is 0.459 e. The smallest absolute Gasteiger partial charge is 0.338 e. The highest BCUT2D eigenvalue weighted by Crippen LogP contribution is 2.23. The number of esters is 1. The van der Waals surface area contributed by atoms with Crippen LogP contribution in [0.3, 0.4) is 0 Å². The average molecular weight is 516 g/mol. The van der Waals surface area contributed by atoms with E-state index < -0.39 is 42.5 Å². The molecule has 3 atom stereocenters. The lowest BCUT2D eigenvalue weighted by molar-refractivity contribution is -0.139. The fraction of sp³-hybridized carbons (Fsp3) is 0.500. The molecule has 0 unspecified atom stereocenters. The summed E-state index contributed by atoms with van der Waals surface area (Å²) in [6.07, 6.45) is 1.10. The predicted molar refractivity (Wildman–Crippen MR) is 131 cm³/mol. The number of nitrogens with one attached hydrogen (secondary N) is 2. The van der Waals surface area contributed by atoms with Crippen LogP contribution in [0.5, 0.6) is 0 Å². The molecule has 1 fully saturated rings. The lowest BCUT2D eigenvalue weighted by Crippen LogP contribution is -2.58. The summed E-state index contributed by atoms with van der Waals surface area (Å²) in [4.78, 5) is 66.5. The van der Waals surface area contributed by atoms with E-state index >= 15 is 0 Å². The first kappa shape index (κ1) is 27.0. The van der Waals surface area contributed by atoms with E-state index in [0.717, 1.165) is 0 Å². The van der Waals surface area contributed by atoms with Crippen molar-refractivity contribution in [2.75, 3.05) is 33.0 Å². The highest BCUT2D eigenvalue weighted by Gasteiger charge is 2.36. The van der Waals surface area contributed by atoms with Crippen molar-refractivity contribution in [1.29, 1.82) is 5.26 Å². The summed E-state index contributed by atoms with van der Waals surface area (Å²) in [5, 5.41) is 14.8. The van der Waals surface area contributed by atoms with E-state index in [1.165, 1.54) is 34.6 Å². The fourth-order valence-electron chi connectivity index (χ4n) is 4.18. The lowest BCUT2D eigenvalue weighted by Gasteiger charge is -2.28. The van der Waals surface area contributed by atoms with E-state index in [1.807, 2.05) is 0 Å². The summed E-state index contributed by atoms with van der Waals surface area (Å²) >= 11 is 1.28. The Balaban J connectivity index is 1.91. The summed E-state index contributed by atoms with van der Waals surface area (Å²) in [6, 6.07) is 3.82. The molecule has 2 aliphatic rings. The fourth-order valence-corrected chi connectivity index (χ4v) is 5.27. The van der Waals surface area contributed by atoms with Gasteiger partial charge in [-0.1, -0.05) is 6.07 Å². The van der Waals surface area contributed by atoms with Gasteiger partial charge in [-0.05, 0) is 30.5 Å². The number of nitrogens with zero attached hydrogens (tertiary/aromatic N) is 3. The van der Waals surface area contributed by atoms with Gasteiger partial charge in [0.05, 0.1) is 17.2 Å². The molecular formula is C24H29N5O6S. The molecular weight excluding hydrogens is 486 g/mol. The summed E-state index contributed by atoms with van der Waals surface area (Å²) in [6.45, 7) is 1.32. The predicted octanol–water partition coefficient (Wildman–Crippen LogP) is 0.0306. The van der Waals surface area contributed by atoms with Crippen molar-refractivity contribution in [1.82, 2.24) is 20.4 Å². The van der Waals surface area contributed by atoms with Gasteiger partial charge in [-0.3, -0.25) is 19.2 Å². The van der Waals surface area contributed by atoms with Gasteiger partial charge in [0.2, 0.25) is 23.6 Å². The Hall–Kier alpha value is -3.59. The first-order valence-electron chi connectivity index (χ1n) is 11.5. The van der Waals surface area contributed by atoms with Gasteiger partial charge < -0.3 is 25.2 Å². The van der Waals surface area contributed by atoms with Crippen molar-refractivity contribution >= 4 is 41.4 Å². The highest BCUT2D eigenvalue weighted by atomic mass is 32.2. The van der Waals surface area contributed by atoms with Gasteiger partial charge >= 0.3 is 5.97 Å². The number of amides is 4. The Kier molecular flexibility index (Phi) is 8.93. The Bertz CT molecular complexity index is 1100. The molecule has 0 aliphatic carbocycles. The zero-order valence-corrected chi connectivity index (χ0v) is 21.2. The molecule has 0 bridgehead atoms. The molecule has 3 rings (SSSR count). The number of likely N-dealkylation sites (N-methyl/N-ethyl adjacent to an activating group) is 1. The minimum atomic E-state index is -1.29. The SMILES string of the molecule is CC(=O)N1CCC[C@H]1C(=O)N[C@@H]1COC(=O)c2cccc(C#N)c2CSC[C@H](C(=O)N(C)C)NC1=O. The van der Waals surface area contributed by atoms with Crippen LogP contribution in [0, 0.1) is 11.3 Å². The topological polar surface area (TPSA) is 149 Å². The van der Waals surface area contributed by atoms with Crippen LogP contribution in [0.1, 0.15) is 41.3 Å². The van der Waals surface area contributed by atoms with Gasteiger partial charge in [0, 0.05) is 39.1 Å². The number of rotatable bonds is 3. The molecule has 2 heterocycles. The van der Waals surface area contributed by atoms with E-state index in [0.29, 0.717) is 30.5 Å². The molecule has 0 saturated carbocycles. The van der Waals surface area contributed by atoms with Crippen LogP contribution in [0.15, 0.2) is 18.2 Å². The third kappa shape index (κ3) is 6.15.